The summed E-state index contributed by atoms with van der Waals surface area (Å²) in [6, 6.07) is -0.450. The Bertz CT molecular complexity index is 546. The number of phosphoric ester groups is 1. The molecule has 0 radical (unpaired) electrons. The Hall–Kier alpha value is -1.40. The molecule has 0 aliphatic heterocycles. The van der Waals surface area contributed by atoms with Gasteiger partial charge in [0.25, 0.3) is 0 Å². The Morgan fingerprint density at radius 2 is 1.91 bits per heavy atom. The summed E-state index contributed by atoms with van der Waals surface area (Å²) < 4.78 is 14.8. The van der Waals surface area contributed by atoms with Crippen LogP contribution in [-0.4, -0.2) is 34.5 Å². The SMILES string of the molecule is C=C(C)C(=C/C)/C=C(\C)C(C)(C)NC(=O)NCCOP(=O)(O)O. The van der Waals surface area contributed by atoms with Gasteiger partial charge < -0.3 is 20.4 Å². The topological polar surface area (TPSA) is 108 Å². The van der Waals surface area contributed by atoms with E-state index in [9.17, 15) is 9.36 Å². The molecule has 4 N–H and O–H groups in total. The predicted octanol–water partition coefficient (Wildman–Crippen LogP) is 2.64. The van der Waals surface area contributed by atoms with Crippen molar-refractivity contribution in [2.45, 2.75) is 40.2 Å². The second kappa shape index (κ2) is 9.03. The van der Waals surface area contributed by atoms with Crippen LogP contribution in [0.5, 0.6) is 0 Å². The van der Waals surface area contributed by atoms with Gasteiger partial charge in [-0.15, -0.1) is 0 Å². The number of allylic oxidation sites excluding steroid dienone is 4. The lowest BCUT2D eigenvalue weighted by molar-refractivity contribution is 0.193. The molecule has 0 aliphatic carbocycles. The maximum Gasteiger partial charge on any atom is 0.469 e. The molecule has 0 rings (SSSR count). The van der Waals surface area contributed by atoms with Crippen molar-refractivity contribution in [3.8, 4) is 0 Å². The molecule has 132 valence electrons. The van der Waals surface area contributed by atoms with Crippen LogP contribution in [0.4, 0.5) is 4.79 Å². The number of carbonyl (C=O) groups excluding carboxylic acids is 1. The highest BCUT2D eigenvalue weighted by molar-refractivity contribution is 7.46. The average molecular weight is 346 g/mol. The van der Waals surface area contributed by atoms with Gasteiger partial charge in [0.15, 0.2) is 0 Å². The van der Waals surface area contributed by atoms with Crippen molar-refractivity contribution in [1.82, 2.24) is 10.6 Å². The van der Waals surface area contributed by atoms with Gasteiger partial charge in [-0.25, -0.2) is 9.36 Å². The molecule has 0 fully saturated rings. The first-order valence-corrected chi connectivity index (χ1v) is 8.69. The van der Waals surface area contributed by atoms with E-state index in [1.54, 1.807) is 0 Å². The highest BCUT2D eigenvalue weighted by atomic mass is 31.2. The van der Waals surface area contributed by atoms with Gasteiger partial charge in [-0.1, -0.05) is 24.3 Å². The summed E-state index contributed by atoms with van der Waals surface area (Å²) in [4.78, 5) is 28.9. The molecule has 2 amide bonds. The number of amides is 2. The highest BCUT2D eigenvalue weighted by Crippen LogP contribution is 2.35. The Morgan fingerprint density at radius 1 is 1.35 bits per heavy atom. The zero-order valence-electron chi connectivity index (χ0n) is 14.3. The molecule has 7 nitrogen and oxygen atoms in total. The first-order chi connectivity index (χ1) is 10.4. The fraction of sp³-hybridized carbons (Fsp3) is 0.533. The number of urea groups is 1. The fourth-order valence-corrected chi connectivity index (χ4v) is 1.95. The van der Waals surface area contributed by atoms with E-state index in [0.29, 0.717) is 0 Å². The van der Waals surface area contributed by atoms with E-state index in [2.05, 4.69) is 21.7 Å². The average Bonchev–Trinajstić information content (AvgIpc) is 2.38. The van der Waals surface area contributed by atoms with E-state index < -0.39 is 19.4 Å². The Kier molecular flexibility index (Phi) is 8.48. The van der Waals surface area contributed by atoms with Gasteiger partial charge in [-0.3, -0.25) is 4.52 Å². The lowest BCUT2D eigenvalue weighted by Crippen LogP contribution is -2.49. The summed E-state index contributed by atoms with van der Waals surface area (Å²) in [5, 5.41) is 5.28. The maximum absolute atomic E-state index is 11.8. The molecular formula is C15H27N2O5P. The molecule has 23 heavy (non-hydrogen) atoms. The minimum Gasteiger partial charge on any atom is -0.336 e. The van der Waals surface area contributed by atoms with E-state index in [4.69, 9.17) is 9.79 Å². The quantitative estimate of drug-likeness (QED) is 0.307. The molecule has 0 aromatic rings. The number of hydrogen-bond donors (Lipinski definition) is 4. The van der Waals surface area contributed by atoms with Crippen LogP contribution < -0.4 is 10.6 Å². The number of nitrogens with one attached hydrogen (secondary N) is 2. The molecule has 0 aromatic carbocycles. The van der Waals surface area contributed by atoms with Crippen molar-refractivity contribution in [3.63, 3.8) is 0 Å². The van der Waals surface area contributed by atoms with Crippen molar-refractivity contribution in [1.29, 1.82) is 0 Å². The van der Waals surface area contributed by atoms with Crippen molar-refractivity contribution in [2.24, 2.45) is 0 Å². The number of rotatable bonds is 8. The predicted molar refractivity (Wildman–Crippen MR) is 90.9 cm³/mol. The third kappa shape index (κ3) is 9.36. The summed E-state index contributed by atoms with van der Waals surface area (Å²) in [7, 11) is -4.51. The van der Waals surface area contributed by atoms with E-state index >= 15 is 0 Å². The summed E-state index contributed by atoms with van der Waals surface area (Å²) >= 11 is 0. The van der Waals surface area contributed by atoms with E-state index in [-0.39, 0.29) is 13.2 Å². The lowest BCUT2D eigenvalue weighted by Gasteiger charge is -2.28. The highest BCUT2D eigenvalue weighted by Gasteiger charge is 2.22. The van der Waals surface area contributed by atoms with Crippen LogP contribution in [0, 0.1) is 0 Å². The van der Waals surface area contributed by atoms with E-state index in [0.717, 1.165) is 16.7 Å². The van der Waals surface area contributed by atoms with Crippen molar-refractivity contribution in [2.75, 3.05) is 13.2 Å². The van der Waals surface area contributed by atoms with Crippen molar-refractivity contribution in [3.05, 3.63) is 35.5 Å². The minimum atomic E-state index is -4.51. The molecule has 0 bridgehead atoms. The monoisotopic (exact) mass is 346 g/mol. The minimum absolute atomic E-state index is 0.0122. The van der Waals surface area contributed by atoms with Crippen LogP contribution >= 0.6 is 7.82 Å². The van der Waals surface area contributed by atoms with Crippen LogP contribution in [-0.2, 0) is 9.09 Å². The molecule has 0 saturated carbocycles. The van der Waals surface area contributed by atoms with Gasteiger partial charge in [-0.2, -0.15) is 0 Å². The molecule has 0 unspecified atom stereocenters. The molecule has 8 heteroatoms. The normalized spacial score (nSPS) is 13.7. The number of phosphoric acid groups is 1. The molecule has 0 spiro atoms. The Labute approximate surface area is 137 Å². The summed E-state index contributed by atoms with van der Waals surface area (Å²) in [5.74, 6) is 0. The Balaban J connectivity index is 4.61. The third-order valence-corrected chi connectivity index (χ3v) is 3.75. The summed E-state index contributed by atoms with van der Waals surface area (Å²) in [6.45, 7) is 13.1. The summed E-state index contributed by atoms with van der Waals surface area (Å²) in [6.07, 6.45) is 3.90. The van der Waals surface area contributed by atoms with Crippen LogP contribution in [0.3, 0.4) is 0 Å². The smallest absolute Gasteiger partial charge is 0.336 e. The molecule has 0 aliphatic rings. The zero-order chi connectivity index (χ0) is 18.3. The molecule has 0 saturated heterocycles. The number of carbonyl (C=O) groups is 1. The first-order valence-electron chi connectivity index (χ1n) is 7.16. The van der Waals surface area contributed by atoms with Gasteiger partial charge in [0.05, 0.1) is 12.1 Å². The van der Waals surface area contributed by atoms with Crippen LogP contribution in [0.1, 0.15) is 34.6 Å². The molecular weight excluding hydrogens is 319 g/mol. The Morgan fingerprint density at radius 3 is 2.35 bits per heavy atom. The zero-order valence-corrected chi connectivity index (χ0v) is 15.2. The van der Waals surface area contributed by atoms with Crippen molar-refractivity contribution >= 4 is 13.9 Å². The van der Waals surface area contributed by atoms with Gasteiger partial charge in [0.2, 0.25) is 0 Å². The van der Waals surface area contributed by atoms with Gasteiger partial charge in [0, 0.05) is 6.54 Å². The largest absolute Gasteiger partial charge is 0.469 e. The maximum atomic E-state index is 11.8. The second-order valence-electron chi connectivity index (χ2n) is 5.68. The lowest BCUT2D eigenvalue weighted by atomic mass is 9.92. The molecule has 0 heterocycles. The standard InChI is InChI=1S/C15H27N2O5P/c1-7-13(11(2)3)10-12(4)15(5,6)17-14(18)16-8-9-22-23(19,20)21/h7,10H,2,8-9H2,1,3-6H3,(H2,16,17,18)(H2,19,20,21)/b12-10+,13-7+. The second-order valence-corrected chi connectivity index (χ2v) is 6.92. The number of hydrogen-bond acceptors (Lipinski definition) is 3. The van der Waals surface area contributed by atoms with Gasteiger partial charge >= 0.3 is 13.9 Å². The molecule has 0 atom stereocenters. The van der Waals surface area contributed by atoms with Crippen molar-refractivity contribution < 1.29 is 23.7 Å². The van der Waals surface area contributed by atoms with Gasteiger partial charge in [-0.05, 0) is 45.8 Å². The van der Waals surface area contributed by atoms with Crippen LogP contribution in [0.25, 0.3) is 0 Å². The third-order valence-electron chi connectivity index (χ3n) is 3.23. The van der Waals surface area contributed by atoms with E-state index in [1.165, 1.54) is 0 Å². The molecule has 0 aromatic heterocycles. The summed E-state index contributed by atoms with van der Waals surface area (Å²) in [5.41, 5.74) is 2.27. The van der Waals surface area contributed by atoms with E-state index in [1.807, 2.05) is 46.8 Å². The van der Waals surface area contributed by atoms with Gasteiger partial charge in [0.1, 0.15) is 0 Å². The van der Waals surface area contributed by atoms with Crippen LogP contribution in [0.15, 0.2) is 35.5 Å². The fourth-order valence-electron chi connectivity index (χ4n) is 1.62. The van der Waals surface area contributed by atoms with Crippen LogP contribution in [0.2, 0.25) is 0 Å². The first kappa shape index (κ1) is 21.6.